The molecule has 0 aliphatic carbocycles. The molecule has 0 saturated heterocycles. The smallest absolute Gasteiger partial charge is 0.241 e. The largest absolute Gasteiger partial charge is 0.398 e. The van der Waals surface area contributed by atoms with Crippen molar-refractivity contribution >= 4 is 38.9 Å². The Morgan fingerprint density at radius 2 is 1.77 bits per heavy atom. The van der Waals surface area contributed by atoms with Gasteiger partial charge < -0.3 is 5.73 Å². The minimum atomic E-state index is -3.90. The first-order valence-electron chi connectivity index (χ1n) is 3.09. The summed E-state index contributed by atoms with van der Waals surface area (Å²) >= 11 is 11.2. The Labute approximate surface area is 85.5 Å². The van der Waals surface area contributed by atoms with Crippen molar-refractivity contribution in [2.24, 2.45) is 5.14 Å². The summed E-state index contributed by atoms with van der Waals surface area (Å²) in [6.07, 6.45) is 0. The SMILES string of the molecule is Nc1cc(Cl)cc(Cl)c1S(N)(=O)=O. The van der Waals surface area contributed by atoms with Crippen LogP contribution < -0.4 is 10.9 Å². The van der Waals surface area contributed by atoms with Crippen molar-refractivity contribution in [3.63, 3.8) is 0 Å². The molecule has 0 atom stereocenters. The number of hydrogen-bond donors (Lipinski definition) is 2. The quantitative estimate of drug-likeness (QED) is 0.725. The molecule has 0 heterocycles. The molecular formula is C6H6Cl2N2O2S. The third-order valence-electron chi connectivity index (χ3n) is 1.32. The molecule has 72 valence electrons. The van der Waals surface area contributed by atoms with Crippen LogP contribution in [0.2, 0.25) is 10.0 Å². The Morgan fingerprint density at radius 3 is 2.15 bits per heavy atom. The molecule has 0 radical (unpaired) electrons. The first-order chi connectivity index (χ1) is 5.82. The van der Waals surface area contributed by atoms with E-state index in [1.165, 1.54) is 12.1 Å². The van der Waals surface area contributed by atoms with Crippen molar-refractivity contribution in [2.75, 3.05) is 5.73 Å². The number of anilines is 1. The van der Waals surface area contributed by atoms with E-state index in [1.54, 1.807) is 0 Å². The van der Waals surface area contributed by atoms with Crippen molar-refractivity contribution in [1.29, 1.82) is 0 Å². The van der Waals surface area contributed by atoms with Crippen LogP contribution in [-0.2, 0) is 10.0 Å². The van der Waals surface area contributed by atoms with Gasteiger partial charge >= 0.3 is 0 Å². The molecule has 0 aliphatic rings. The third kappa shape index (κ3) is 2.25. The fourth-order valence-electron chi connectivity index (χ4n) is 0.880. The number of benzene rings is 1. The van der Waals surface area contributed by atoms with E-state index in [0.29, 0.717) is 0 Å². The maximum atomic E-state index is 11.0. The van der Waals surface area contributed by atoms with Crippen molar-refractivity contribution in [3.8, 4) is 0 Å². The number of hydrogen-bond acceptors (Lipinski definition) is 3. The van der Waals surface area contributed by atoms with E-state index in [9.17, 15) is 8.42 Å². The molecular weight excluding hydrogens is 235 g/mol. The summed E-state index contributed by atoms with van der Waals surface area (Å²) < 4.78 is 21.9. The van der Waals surface area contributed by atoms with Crippen LogP contribution in [0.4, 0.5) is 5.69 Å². The Hall–Kier alpha value is -0.490. The predicted molar refractivity (Wildman–Crippen MR) is 52.2 cm³/mol. The van der Waals surface area contributed by atoms with E-state index < -0.39 is 10.0 Å². The van der Waals surface area contributed by atoms with Crippen LogP contribution in [0, 0.1) is 0 Å². The number of nitrogens with two attached hydrogens (primary N) is 2. The van der Waals surface area contributed by atoms with Gasteiger partial charge in [0.2, 0.25) is 10.0 Å². The lowest BCUT2D eigenvalue weighted by molar-refractivity contribution is 0.598. The molecule has 0 amide bonds. The minimum absolute atomic E-state index is 0.0556. The van der Waals surface area contributed by atoms with Crippen LogP contribution in [0.5, 0.6) is 0 Å². The second-order valence-electron chi connectivity index (χ2n) is 2.35. The lowest BCUT2D eigenvalue weighted by atomic mass is 10.3. The second kappa shape index (κ2) is 3.34. The molecule has 0 aromatic heterocycles. The number of sulfonamides is 1. The molecule has 4 nitrogen and oxygen atoms in total. The number of rotatable bonds is 1. The normalized spacial score (nSPS) is 11.6. The van der Waals surface area contributed by atoms with Crippen LogP contribution in [0.15, 0.2) is 17.0 Å². The lowest BCUT2D eigenvalue weighted by Crippen LogP contribution is -2.14. The van der Waals surface area contributed by atoms with Gasteiger partial charge in [0, 0.05) is 5.02 Å². The van der Waals surface area contributed by atoms with Crippen molar-refractivity contribution in [1.82, 2.24) is 0 Å². The molecule has 0 bridgehead atoms. The summed E-state index contributed by atoms with van der Waals surface area (Å²) in [7, 11) is -3.90. The molecule has 1 aromatic carbocycles. The zero-order valence-electron chi connectivity index (χ0n) is 6.29. The molecule has 1 aromatic rings. The highest BCUT2D eigenvalue weighted by molar-refractivity contribution is 7.89. The van der Waals surface area contributed by atoms with Gasteiger partial charge in [-0.2, -0.15) is 0 Å². The first-order valence-corrected chi connectivity index (χ1v) is 5.40. The van der Waals surface area contributed by atoms with E-state index in [1.807, 2.05) is 0 Å². The highest BCUT2D eigenvalue weighted by Crippen LogP contribution is 2.29. The third-order valence-corrected chi connectivity index (χ3v) is 2.97. The summed E-state index contributed by atoms with van der Waals surface area (Å²) in [6, 6.07) is 2.53. The monoisotopic (exact) mass is 240 g/mol. The lowest BCUT2D eigenvalue weighted by Gasteiger charge is -2.05. The Bertz CT molecular complexity index is 421. The molecule has 0 spiro atoms. The van der Waals surface area contributed by atoms with Crippen molar-refractivity contribution in [2.45, 2.75) is 4.90 Å². The van der Waals surface area contributed by atoms with E-state index in [4.69, 9.17) is 34.1 Å². The Kier molecular flexibility index (Phi) is 2.72. The van der Waals surface area contributed by atoms with Gasteiger partial charge in [0.05, 0.1) is 10.7 Å². The number of primary sulfonamides is 1. The van der Waals surface area contributed by atoms with Gasteiger partial charge in [0.25, 0.3) is 0 Å². The molecule has 0 aliphatic heterocycles. The topological polar surface area (TPSA) is 86.2 Å². The van der Waals surface area contributed by atoms with Gasteiger partial charge in [-0.1, -0.05) is 23.2 Å². The molecule has 13 heavy (non-hydrogen) atoms. The Morgan fingerprint density at radius 1 is 1.23 bits per heavy atom. The predicted octanol–water partition coefficient (Wildman–Crippen LogP) is 1.22. The summed E-state index contributed by atoms with van der Waals surface area (Å²) in [5.41, 5.74) is 5.32. The molecule has 0 saturated carbocycles. The maximum absolute atomic E-state index is 11.0. The van der Waals surface area contributed by atoms with Gasteiger partial charge in [-0.15, -0.1) is 0 Å². The fourth-order valence-corrected chi connectivity index (χ4v) is 2.43. The average molecular weight is 241 g/mol. The average Bonchev–Trinajstić information content (AvgIpc) is 1.78. The zero-order valence-corrected chi connectivity index (χ0v) is 8.62. The summed E-state index contributed by atoms with van der Waals surface area (Å²) in [5.74, 6) is 0. The van der Waals surface area contributed by atoms with E-state index in [2.05, 4.69) is 0 Å². The van der Waals surface area contributed by atoms with Gasteiger partial charge in [0.1, 0.15) is 4.90 Å². The van der Waals surface area contributed by atoms with Crippen LogP contribution in [0.25, 0.3) is 0 Å². The first kappa shape index (κ1) is 10.6. The van der Waals surface area contributed by atoms with Gasteiger partial charge in [0.15, 0.2) is 0 Å². The highest BCUT2D eigenvalue weighted by atomic mass is 35.5. The molecule has 0 unspecified atom stereocenters. The van der Waals surface area contributed by atoms with Crippen molar-refractivity contribution in [3.05, 3.63) is 22.2 Å². The van der Waals surface area contributed by atoms with Crippen LogP contribution in [-0.4, -0.2) is 8.42 Å². The van der Waals surface area contributed by atoms with E-state index in [0.717, 1.165) is 0 Å². The molecule has 4 N–H and O–H groups in total. The van der Waals surface area contributed by atoms with Crippen LogP contribution >= 0.6 is 23.2 Å². The van der Waals surface area contributed by atoms with Gasteiger partial charge in [-0.3, -0.25) is 0 Å². The fraction of sp³-hybridized carbons (Fsp3) is 0. The standard InChI is InChI=1S/C6H6Cl2N2O2S/c7-3-1-4(8)6(5(9)2-3)13(10,11)12/h1-2H,9H2,(H2,10,11,12). The molecule has 0 fully saturated rings. The summed E-state index contributed by atoms with van der Waals surface area (Å²) in [6.45, 7) is 0. The van der Waals surface area contributed by atoms with Gasteiger partial charge in [-0.25, -0.2) is 13.6 Å². The van der Waals surface area contributed by atoms with Crippen molar-refractivity contribution < 1.29 is 8.42 Å². The minimum Gasteiger partial charge on any atom is -0.398 e. The molecule has 7 heteroatoms. The number of nitrogen functional groups attached to an aromatic ring is 1. The van der Waals surface area contributed by atoms with Gasteiger partial charge in [-0.05, 0) is 12.1 Å². The number of halogens is 2. The maximum Gasteiger partial charge on any atom is 0.241 e. The summed E-state index contributed by atoms with van der Waals surface area (Å²) in [4.78, 5) is -0.293. The van der Waals surface area contributed by atoms with Crippen LogP contribution in [0.1, 0.15) is 0 Å². The zero-order chi connectivity index (χ0) is 10.2. The summed E-state index contributed by atoms with van der Waals surface area (Å²) in [5, 5.41) is 5.06. The van der Waals surface area contributed by atoms with Crippen LogP contribution in [0.3, 0.4) is 0 Å². The van der Waals surface area contributed by atoms with E-state index >= 15 is 0 Å². The highest BCUT2D eigenvalue weighted by Gasteiger charge is 2.17. The molecule has 1 rings (SSSR count). The van der Waals surface area contributed by atoms with E-state index in [-0.39, 0.29) is 20.6 Å². The second-order valence-corrected chi connectivity index (χ2v) is 4.69. The Balaban J connectivity index is 3.57.